The second-order valence-electron chi connectivity index (χ2n) is 4.25. The van der Waals surface area contributed by atoms with Gasteiger partial charge in [-0.3, -0.25) is 4.79 Å². The van der Waals surface area contributed by atoms with Crippen molar-refractivity contribution >= 4 is 5.91 Å². The van der Waals surface area contributed by atoms with E-state index in [0.717, 1.165) is 0 Å². The maximum atomic E-state index is 12.1. The average molecular weight is 239 g/mol. The zero-order chi connectivity index (χ0) is 12.3. The topological polar surface area (TPSA) is 51.9 Å². The summed E-state index contributed by atoms with van der Waals surface area (Å²) in [5.74, 6) is -0.0185. The number of ether oxygens (including phenoxy) is 2. The molecular formula is C12H17NO4. The summed E-state index contributed by atoms with van der Waals surface area (Å²) in [4.78, 5) is 13.9. The van der Waals surface area contributed by atoms with E-state index in [4.69, 9.17) is 13.9 Å². The minimum Gasteiger partial charge on any atom is -0.472 e. The summed E-state index contributed by atoms with van der Waals surface area (Å²) >= 11 is 0. The third-order valence-electron chi connectivity index (χ3n) is 2.73. The maximum Gasteiger partial charge on any atom is 0.257 e. The third kappa shape index (κ3) is 2.87. The average Bonchev–Trinajstić information content (AvgIpc) is 2.81. The van der Waals surface area contributed by atoms with Crippen molar-refractivity contribution in [2.75, 3.05) is 26.8 Å². The van der Waals surface area contributed by atoms with Gasteiger partial charge in [-0.05, 0) is 13.0 Å². The number of hydrogen-bond donors (Lipinski definition) is 0. The summed E-state index contributed by atoms with van der Waals surface area (Å²) in [7, 11) is 1.63. The maximum absolute atomic E-state index is 12.1. The SMILES string of the molecule is COCC1CN(C(=O)c2ccoc2)CC(C)O1. The third-order valence-corrected chi connectivity index (χ3v) is 2.73. The van der Waals surface area contributed by atoms with Crippen LogP contribution in [0, 0.1) is 0 Å². The van der Waals surface area contributed by atoms with Crippen LogP contribution in [0.2, 0.25) is 0 Å². The van der Waals surface area contributed by atoms with Gasteiger partial charge in [0.05, 0.1) is 30.6 Å². The van der Waals surface area contributed by atoms with Crippen molar-refractivity contribution in [3.8, 4) is 0 Å². The summed E-state index contributed by atoms with van der Waals surface area (Å²) in [6, 6.07) is 1.67. The molecule has 1 fully saturated rings. The van der Waals surface area contributed by atoms with E-state index in [2.05, 4.69) is 0 Å². The summed E-state index contributed by atoms with van der Waals surface area (Å²) in [6.45, 7) is 3.61. The minimum atomic E-state index is -0.0559. The molecule has 17 heavy (non-hydrogen) atoms. The molecule has 0 aromatic carbocycles. The van der Waals surface area contributed by atoms with Crippen molar-refractivity contribution < 1.29 is 18.7 Å². The highest BCUT2D eigenvalue weighted by Crippen LogP contribution is 2.15. The first kappa shape index (κ1) is 12.1. The number of morpholine rings is 1. The summed E-state index contributed by atoms with van der Waals surface area (Å²) < 4.78 is 15.7. The molecule has 0 spiro atoms. The van der Waals surface area contributed by atoms with Crippen LogP contribution in [-0.4, -0.2) is 49.8 Å². The standard InChI is InChI=1S/C12H17NO4/c1-9-5-13(6-11(17-9)8-15-2)12(14)10-3-4-16-7-10/h3-4,7,9,11H,5-6,8H2,1-2H3. The molecule has 5 nitrogen and oxygen atoms in total. The Morgan fingerprint density at radius 2 is 2.41 bits per heavy atom. The highest BCUT2D eigenvalue weighted by molar-refractivity contribution is 5.93. The van der Waals surface area contributed by atoms with Gasteiger partial charge in [-0.1, -0.05) is 0 Å². The van der Waals surface area contributed by atoms with Crippen molar-refractivity contribution in [1.29, 1.82) is 0 Å². The molecule has 1 aliphatic heterocycles. The number of nitrogens with zero attached hydrogens (tertiary/aromatic N) is 1. The Balaban J connectivity index is 2.02. The van der Waals surface area contributed by atoms with E-state index in [1.165, 1.54) is 12.5 Å². The Hall–Kier alpha value is -1.33. The highest BCUT2D eigenvalue weighted by Gasteiger charge is 2.29. The summed E-state index contributed by atoms with van der Waals surface area (Å²) in [5.41, 5.74) is 0.579. The van der Waals surface area contributed by atoms with Gasteiger partial charge in [-0.2, -0.15) is 0 Å². The molecule has 0 bridgehead atoms. The van der Waals surface area contributed by atoms with Crippen LogP contribution in [0.25, 0.3) is 0 Å². The van der Waals surface area contributed by atoms with Gasteiger partial charge >= 0.3 is 0 Å². The molecule has 1 aromatic heterocycles. The fourth-order valence-electron chi connectivity index (χ4n) is 2.06. The van der Waals surface area contributed by atoms with E-state index in [1.807, 2.05) is 6.92 Å². The van der Waals surface area contributed by atoms with Crippen LogP contribution in [0.3, 0.4) is 0 Å². The smallest absolute Gasteiger partial charge is 0.257 e. The van der Waals surface area contributed by atoms with Crippen LogP contribution in [0.4, 0.5) is 0 Å². The largest absolute Gasteiger partial charge is 0.472 e. The molecule has 0 aliphatic carbocycles. The first-order valence-corrected chi connectivity index (χ1v) is 5.66. The quantitative estimate of drug-likeness (QED) is 0.794. The van der Waals surface area contributed by atoms with Crippen LogP contribution in [0.15, 0.2) is 23.0 Å². The number of carbonyl (C=O) groups is 1. The number of furan rings is 1. The van der Waals surface area contributed by atoms with Gasteiger partial charge in [0.1, 0.15) is 6.26 Å². The van der Waals surface area contributed by atoms with Crippen LogP contribution in [0.1, 0.15) is 17.3 Å². The molecular weight excluding hydrogens is 222 g/mol. The normalized spacial score (nSPS) is 24.9. The summed E-state index contributed by atoms with van der Waals surface area (Å²) in [5, 5.41) is 0. The molecule has 0 saturated carbocycles. The second-order valence-corrected chi connectivity index (χ2v) is 4.25. The van der Waals surface area contributed by atoms with Crippen LogP contribution >= 0.6 is 0 Å². The Kier molecular flexibility index (Phi) is 3.81. The van der Waals surface area contributed by atoms with E-state index in [1.54, 1.807) is 18.1 Å². The lowest BCUT2D eigenvalue weighted by atomic mass is 10.2. The Morgan fingerprint density at radius 1 is 1.59 bits per heavy atom. The lowest BCUT2D eigenvalue weighted by molar-refractivity contribution is -0.0918. The summed E-state index contributed by atoms with van der Waals surface area (Å²) in [6.07, 6.45) is 2.94. The fraction of sp³-hybridized carbons (Fsp3) is 0.583. The van der Waals surface area contributed by atoms with Crippen molar-refractivity contribution in [2.45, 2.75) is 19.1 Å². The number of methoxy groups -OCH3 is 1. The predicted molar refractivity (Wildman–Crippen MR) is 60.8 cm³/mol. The van der Waals surface area contributed by atoms with E-state index in [-0.39, 0.29) is 18.1 Å². The van der Waals surface area contributed by atoms with Gasteiger partial charge < -0.3 is 18.8 Å². The highest BCUT2D eigenvalue weighted by atomic mass is 16.5. The minimum absolute atomic E-state index is 0.0185. The zero-order valence-electron chi connectivity index (χ0n) is 10.1. The van der Waals surface area contributed by atoms with Crippen molar-refractivity contribution in [3.63, 3.8) is 0 Å². The molecule has 2 atom stereocenters. The Labute approximate surface area is 100 Å². The van der Waals surface area contributed by atoms with Gasteiger partial charge in [0.15, 0.2) is 0 Å². The Morgan fingerprint density at radius 3 is 3.06 bits per heavy atom. The molecule has 1 aliphatic rings. The molecule has 5 heteroatoms. The molecule has 1 amide bonds. The van der Waals surface area contributed by atoms with Crippen molar-refractivity contribution in [1.82, 2.24) is 4.90 Å². The number of carbonyl (C=O) groups excluding carboxylic acids is 1. The molecule has 1 aromatic rings. The monoisotopic (exact) mass is 239 g/mol. The van der Waals surface area contributed by atoms with Gasteiger partial charge in [0, 0.05) is 20.2 Å². The van der Waals surface area contributed by atoms with Gasteiger partial charge in [0.25, 0.3) is 5.91 Å². The molecule has 94 valence electrons. The van der Waals surface area contributed by atoms with Crippen molar-refractivity contribution in [3.05, 3.63) is 24.2 Å². The Bertz CT molecular complexity index is 363. The first-order chi connectivity index (χ1) is 8.20. The van der Waals surface area contributed by atoms with Gasteiger partial charge in [0.2, 0.25) is 0 Å². The second kappa shape index (κ2) is 5.33. The van der Waals surface area contributed by atoms with Crippen LogP contribution in [0.5, 0.6) is 0 Å². The molecule has 2 heterocycles. The molecule has 2 rings (SSSR count). The van der Waals surface area contributed by atoms with Crippen molar-refractivity contribution in [2.24, 2.45) is 0 Å². The van der Waals surface area contributed by atoms with Crippen LogP contribution < -0.4 is 0 Å². The molecule has 1 saturated heterocycles. The van der Waals surface area contributed by atoms with E-state index >= 15 is 0 Å². The lowest BCUT2D eigenvalue weighted by Gasteiger charge is -2.36. The van der Waals surface area contributed by atoms with E-state index in [9.17, 15) is 4.79 Å². The zero-order valence-corrected chi connectivity index (χ0v) is 10.1. The molecule has 0 radical (unpaired) electrons. The number of rotatable bonds is 3. The number of hydrogen-bond acceptors (Lipinski definition) is 4. The number of amides is 1. The fourth-order valence-corrected chi connectivity index (χ4v) is 2.06. The first-order valence-electron chi connectivity index (χ1n) is 5.66. The lowest BCUT2D eigenvalue weighted by Crippen LogP contribution is -2.50. The van der Waals surface area contributed by atoms with E-state index < -0.39 is 0 Å². The van der Waals surface area contributed by atoms with Gasteiger partial charge in [-0.25, -0.2) is 0 Å². The predicted octanol–water partition coefficient (Wildman–Crippen LogP) is 1.16. The van der Waals surface area contributed by atoms with Gasteiger partial charge in [-0.15, -0.1) is 0 Å². The van der Waals surface area contributed by atoms with Crippen LogP contribution in [-0.2, 0) is 9.47 Å². The molecule has 2 unspecified atom stereocenters. The molecule has 0 N–H and O–H groups in total. The van der Waals surface area contributed by atoms with E-state index in [0.29, 0.717) is 25.3 Å².